The number of pyridine rings is 1. The van der Waals surface area contributed by atoms with Gasteiger partial charge in [-0.15, -0.1) is 0 Å². The number of methoxy groups -OCH3 is 1. The molecular formula is C16H18N2O4. The second kappa shape index (κ2) is 7.87. The fourth-order valence-electron chi connectivity index (χ4n) is 1.87. The number of nitrogens with one attached hydrogen (secondary N) is 1. The third kappa shape index (κ3) is 4.37. The topological polar surface area (TPSA) is 74.5 Å². The Hall–Kier alpha value is -2.76. The highest BCUT2D eigenvalue weighted by Crippen LogP contribution is 2.14. The molecule has 0 atom stereocenters. The first-order valence-corrected chi connectivity index (χ1v) is 6.94. The zero-order chi connectivity index (χ0) is 15.8. The number of esters is 1. The summed E-state index contributed by atoms with van der Waals surface area (Å²) in [6.45, 7) is 1.09. The second-order valence-electron chi connectivity index (χ2n) is 4.56. The fourth-order valence-corrected chi connectivity index (χ4v) is 1.87. The van der Waals surface area contributed by atoms with E-state index in [9.17, 15) is 10.0 Å². The van der Waals surface area contributed by atoms with E-state index < -0.39 is 5.97 Å². The van der Waals surface area contributed by atoms with Gasteiger partial charge in [-0.25, -0.2) is 9.52 Å². The van der Waals surface area contributed by atoms with Crippen molar-refractivity contribution < 1.29 is 19.0 Å². The van der Waals surface area contributed by atoms with Crippen LogP contribution >= 0.6 is 0 Å². The molecule has 1 aromatic carbocycles. The van der Waals surface area contributed by atoms with Crippen LogP contribution in [0.2, 0.25) is 0 Å². The first kappa shape index (κ1) is 15.6. The zero-order valence-electron chi connectivity index (χ0n) is 12.3. The molecule has 6 heteroatoms. The van der Waals surface area contributed by atoms with Crippen LogP contribution < -0.4 is 14.8 Å². The third-order valence-electron chi connectivity index (χ3n) is 2.98. The zero-order valence-corrected chi connectivity index (χ0v) is 12.3. The van der Waals surface area contributed by atoms with Gasteiger partial charge in [-0.05, 0) is 24.3 Å². The molecule has 116 valence electrons. The number of carbonyl (C=O) groups excluding carboxylic acids is 1. The van der Waals surface area contributed by atoms with Gasteiger partial charge >= 0.3 is 5.97 Å². The molecule has 2 aromatic rings. The van der Waals surface area contributed by atoms with Crippen LogP contribution in [0.3, 0.4) is 0 Å². The van der Waals surface area contributed by atoms with Gasteiger partial charge in [-0.2, -0.15) is 0 Å². The minimum Gasteiger partial charge on any atom is -0.711 e. The van der Waals surface area contributed by atoms with Crippen LogP contribution in [0.15, 0.2) is 48.7 Å². The summed E-state index contributed by atoms with van der Waals surface area (Å²) in [6.07, 6.45) is 2.16. The molecule has 1 aromatic heterocycles. The van der Waals surface area contributed by atoms with E-state index in [4.69, 9.17) is 4.74 Å². The number of hydrogen-bond donors (Lipinski definition) is 1. The van der Waals surface area contributed by atoms with E-state index in [1.807, 2.05) is 0 Å². The summed E-state index contributed by atoms with van der Waals surface area (Å²) in [5.74, 6) is 0.730. The maximum absolute atomic E-state index is 11.4. The molecule has 6 nitrogen and oxygen atoms in total. The molecule has 0 unspecified atom stereocenters. The SMILES string of the molecule is COC(=O)c1cccc(OCCCNc2cccc[n+]2[O-])c1. The van der Waals surface area contributed by atoms with Gasteiger partial charge in [0.1, 0.15) is 5.75 Å². The monoisotopic (exact) mass is 302 g/mol. The molecule has 0 saturated heterocycles. The van der Waals surface area contributed by atoms with Crippen molar-refractivity contribution in [1.29, 1.82) is 0 Å². The number of aromatic nitrogens is 1. The van der Waals surface area contributed by atoms with Crippen molar-refractivity contribution in [2.75, 3.05) is 25.6 Å². The number of ether oxygens (including phenoxy) is 2. The van der Waals surface area contributed by atoms with Crippen molar-refractivity contribution in [3.63, 3.8) is 0 Å². The summed E-state index contributed by atoms with van der Waals surface area (Å²) in [5, 5.41) is 14.4. The van der Waals surface area contributed by atoms with Gasteiger partial charge < -0.3 is 14.7 Å². The van der Waals surface area contributed by atoms with Crippen molar-refractivity contribution >= 4 is 11.8 Å². The Morgan fingerprint density at radius 2 is 2.14 bits per heavy atom. The summed E-state index contributed by atoms with van der Waals surface area (Å²) in [6, 6.07) is 12.0. The Kier molecular flexibility index (Phi) is 5.59. The predicted octanol–water partition coefficient (Wildman–Crippen LogP) is 1.99. The Bertz CT molecular complexity index is 631. The number of hydrogen-bond acceptors (Lipinski definition) is 5. The number of anilines is 1. The minimum atomic E-state index is -0.392. The van der Waals surface area contributed by atoms with Crippen LogP contribution in [0.4, 0.5) is 5.82 Å². The van der Waals surface area contributed by atoms with E-state index in [1.54, 1.807) is 42.5 Å². The van der Waals surface area contributed by atoms with E-state index in [0.29, 0.717) is 30.3 Å². The highest BCUT2D eigenvalue weighted by molar-refractivity contribution is 5.89. The lowest BCUT2D eigenvalue weighted by Gasteiger charge is -2.09. The van der Waals surface area contributed by atoms with E-state index >= 15 is 0 Å². The second-order valence-corrected chi connectivity index (χ2v) is 4.56. The average Bonchev–Trinajstić information content (AvgIpc) is 2.55. The van der Waals surface area contributed by atoms with Gasteiger partial charge in [0, 0.05) is 12.5 Å². The molecule has 0 aliphatic carbocycles. The number of carbonyl (C=O) groups is 1. The van der Waals surface area contributed by atoms with Crippen molar-refractivity contribution in [3.05, 3.63) is 59.4 Å². The van der Waals surface area contributed by atoms with Gasteiger partial charge in [0.25, 0.3) is 5.82 Å². The van der Waals surface area contributed by atoms with E-state index in [1.165, 1.54) is 13.3 Å². The van der Waals surface area contributed by atoms with Crippen LogP contribution in [0.25, 0.3) is 0 Å². The van der Waals surface area contributed by atoms with Crippen LogP contribution in [-0.2, 0) is 4.74 Å². The van der Waals surface area contributed by atoms with Crippen LogP contribution in [0.5, 0.6) is 5.75 Å². The number of rotatable bonds is 7. The summed E-state index contributed by atoms with van der Waals surface area (Å²) in [7, 11) is 1.34. The van der Waals surface area contributed by atoms with E-state index in [2.05, 4.69) is 10.1 Å². The van der Waals surface area contributed by atoms with Crippen LogP contribution in [0.1, 0.15) is 16.8 Å². The average molecular weight is 302 g/mol. The largest absolute Gasteiger partial charge is 0.711 e. The van der Waals surface area contributed by atoms with Gasteiger partial charge in [0.15, 0.2) is 0 Å². The Labute approximate surface area is 128 Å². The standard InChI is InChI=1S/C16H18N2O4/c1-21-16(19)13-6-4-7-14(12-13)22-11-5-9-17-15-8-2-3-10-18(15)20/h2-4,6-8,10,12,17H,5,9,11H2,1H3. The van der Waals surface area contributed by atoms with Crippen molar-refractivity contribution in [2.24, 2.45) is 0 Å². The maximum atomic E-state index is 11.4. The van der Waals surface area contributed by atoms with Crippen molar-refractivity contribution in [2.45, 2.75) is 6.42 Å². The quantitative estimate of drug-likeness (QED) is 0.366. The Balaban J connectivity index is 1.75. The lowest BCUT2D eigenvalue weighted by atomic mass is 10.2. The molecule has 0 bridgehead atoms. The van der Waals surface area contributed by atoms with Crippen LogP contribution in [0, 0.1) is 5.21 Å². The van der Waals surface area contributed by atoms with Crippen molar-refractivity contribution in [1.82, 2.24) is 0 Å². The lowest BCUT2D eigenvalue weighted by Crippen LogP contribution is -2.30. The Morgan fingerprint density at radius 3 is 2.91 bits per heavy atom. The highest BCUT2D eigenvalue weighted by Gasteiger charge is 2.06. The molecule has 0 radical (unpaired) electrons. The summed E-state index contributed by atoms with van der Waals surface area (Å²) < 4.78 is 11.0. The molecule has 0 spiro atoms. The number of benzene rings is 1. The molecule has 0 fully saturated rings. The first-order chi connectivity index (χ1) is 10.7. The molecule has 2 rings (SSSR count). The molecular weight excluding hydrogens is 284 g/mol. The minimum absolute atomic E-state index is 0.392. The van der Waals surface area contributed by atoms with Gasteiger partial charge in [0.05, 0.1) is 32.0 Å². The van der Waals surface area contributed by atoms with Gasteiger partial charge in [-0.1, -0.05) is 12.1 Å². The van der Waals surface area contributed by atoms with Crippen LogP contribution in [-0.4, -0.2) is 26.2 Å². The van der Waals surface area contributed by atoms with Gasteiger partial charge in [0.2, 0.25) is 0 Å². The molecule has 0 aliphatic rings. The normalized spacial score (nSPS) is 10.0. The molecule has 1 heterocycles. The highest BCUT2D eigenvalue weighted by atomic mass is 16.5. The van der Waals surface area contributed by atoms with E-state index in [0.717, 1.165) is 11.2 Å². The number of nitrogens with zero attached hydrogens (tertiary/aromatic N) is 1. The van der Waals surface area contributed by atoms with Gasteiger partial charge in [-0.3, -0.25) is 5.32 Å². The summed E-state index contributed by atoms with van der Waals surface area (Å²) in [4.78, 5) is 11.4. The fraction of sp³-hybridized carbons (Fsp3) is 0.250. The summed E-state index contributed by atoms with van der Waals surface area (Å²) >= 11 is 0. The maximum Gasteiger partial charge on any atom is 0.337 e. The Morgan fingerprint density at radius 1 is 1.27 bits per heavy atom. The lowest BCUT2D eigenvalue weighted by molar-refractivity contribution is -0.590. The molecule has 0 saturated carbocycles. The first-order valence-electron chi connectivity index (χ1n) is 6.94. The molecule has 22 heavy (non-hydrogen) atoms. The molecule has 1 N–H and O–H groups in total. The molecule has 0 aliphatic heterocycles. The third-order valence-corrected chi connectivity index (χ3v) is 2.98. The van der Waals surface area contributed by atoms with Crippen molar-refractivity contribution in [3.8, 4) is 5.75 Å². The van der Waals surface area contributed by atoms with E-state index in [-0.39, 0.29) is 0 Å². The summed E-state index contributed by atoms with van der Waals surface area (Å²) in [5.41, 5.74) is 0.454. The molecule has 0 amide bonds. The predicted molar refractivity (Wildman–Crippen MR) is 81.8 cm³/mol. The smallest absolute Gasteiger partial charge is 0.337 e.